The Bertz CT molecular complexity index is 1800. The minimum atomic E-state index is -2.00. The Morgan fingerprint density at radius 1 is 0.672 bits per heavy atom. The molecule has 382 valence electrons. The predicted octanol–water partition coefficient (Wildman–Crippen LogP) is 1.58. The Kier molecular flexibility index (Phi) is 14.6. The summed E-state index contributed by atoms with van der Waals surface area (Å²) >= 11 is 0. The molecule has 19 heteroatoms. The normalized spacial score (nSPS) is 53.4. The van der Waals surface area contributed by atoms with Crippen molar-refractivity contribution in [2.24, 2.45) is 16.7 Å². The number of esters is 1. The van der Waals surface area contributed by atoms with Gasteiger partial charge in [-0.05, 0) is 91.9 Å². The standard InChI is InChI=1S/C48H76O19/c1-22-40(54)33(58-9)20-39(59-22)67-43-25(4)62-38(19-32(43)53)66-42-24(3)61-37(18-31(42)52)65-41-23(2)60-36(17-30(41)51)64-29-11-12-44(7)28(16-29)10-13-47(56)34(44)21-35(63-27(6)50)45(8)46(55,26(5)49)14-15-48(45,47)57/h10,22-25,29-43,51-57H,11-21H2,1-9H3/t22-,23-,24-,25-,29+,30+,31+,32+,33-,34-,35-,36+,37+,38+,39+,40-,41-,42-,43-,44+,45-,46-,47+,48-/m1/s1. The summed E-state index contributed by atoms with van der Waals surface area (Å²) in [5, 5.41) is 81.2. The third-order valence-electron chi connectivity index (χ3n) is 17.6. The van der Waals surface area contributed by atoms with Gasteiger partial charge >= 0.3 is 5.97 Å². The van der Waals surface area contributed by atoms with Crippen molar-refractivity contribution in [2.75, 3.05) is 7.11 Å². The zero-order chi connectivity index (χ0) is 48.8. The van der Waals surface area contributed by atoms with Gasteiger partial charge in [-0.1, -0.05) is 18.6 Å². The maximum atomic E-state index is 13.0. The minimum absolute atomic E-state index is 0.0348. The number of aliphatic hydroxyl groups excluding tert-OH is 4. The van der Waals surface area contributed by atoms with Crippen LogP contribution < -0.4 is 0 Å². The van der Waals surface area contributed by atoms with Crippen LogP contribution in [0.3, 0.4) is 0 Å². The van der Waals surface area contributed by atoms with E-state index < -0.39 is 150 Å². The van der Waals surface area contributed by atoms with Gasteiger partial charge in [0.2, 0.25) is 0 Å². The monoisotopic (exact) mass is 956 g/mol. The average Bonchev–Trinajstić information content (AvgIpc) is 3.48. The molecule has 3 saturated carbocycles. The third-order valence-corrected chi connectivity index (χ3v) is 17.6. The fourth-order valence-electron chi connectivity index (χ4n) is 13.7. The first kappa shape index (κ1) is 51.6. The van der Waals surface area contributed by atoms with Gasteiger partial charge in [0.05, 0.1) is 60.4 Å². The molecule has 4 heterocycles. The van der Waals surface area contributed by atoms with Gasteiger partial charge in [-0.15, -0.1) is 0 Å². The quantitative estimate of drug-likeness (QED) is 0.114. The number of carbonyl (C=O) groups is 2. The Hall–Kier alpha value is -1.76. The van der Waals surface area contributed by atoms with Crippen molar-refractivity contribution in [3.8, 4) is 0 Å². The summed E-state index contributed by atoms with van der Waals surface area (Å²) in [5.41, 5.74) is -6.90. The first-order valence-corrected chi connectivity index (χ1v) is 24.4. The number of aliphatic hydroxyl groups is 7. The van der Waals surface area contributed by atoms with Crippen LogP contribution in [0.5, 0.6) is 0 Å². The molecule has 7 fully saturated rings. The number of hydrogen-bond donors (Lipinski definition) is 7. The van der Waals surface area contributed by atoms with E-state index in [1.165, 1.54) is 21.0 Å². The lowest BCUT2D eigenvalue weighted by Crippen LogP contribution is -2.78. The van der Waals surface area contributed by atoms with E-state index in [1.54, 1.807) is 34.6 Å². The van der Waals surface area contributed by atoms with Gasteiger partial charge in [-0.3, -0.25) is 9.59 Å². The molecular weight excluding hydrogens is 881 g/mol. The van der Waals surface area contributed by atoms with Crippen LogP contribution in [0.4, 0.5) is 0 Å². The van der Waals surface area contributed by atoms with Crippen molar-refractivity contribution in [1.29, 1.82) is 0 Å². The van der Waals surface area contributed by atoms with E-state index in [-0.39, 0.29) is 57.5 Å². The van der Waals surface area contributed by atoms with Gasteiger partial charge in [0.15, 0.2) is 30.9 Å². The summed E-state index contributed by atoms with van der Waals surface area (Å²) in [6.45, 7) is 13.2. The molecule has 24 atom stereocenters. The van der Waals surface area contributed by atoms with Crippen LogP contribution in [0.1, 0.15) is 126 Å². The largest absolute Gasteiger partial charge is 0.462 e. The molecule has 8 rings (SSSR count). The summed E-state index contributed by atoms with van der Waals surface area (Å²) in [7, 11) is 1.51. The molecule has 0 radical (unpaired) electrons. The van der Waals surface area contributed by atoms with Crippen LogP contribution in [-0.4, -0.2) is 182 Å². The molecule has 0 spiro atoms. The molecule has 4 aliphatic heterocycles. The zero-order valence-electron chi connectivity index (χ0n) is 40.4. The Balaban J connectivity index is 0.834. The Morgan fingerprint density at radius 2 is 1.16 bits per heavy atom. The number of fused-ring (bicyclic) bond motifs is 5. The van der Waals surface area contributed by atoms with Crippen molar-refractivity contribution < 1.29 is 92.7 Å². The Labute approximate surface area is 392 Å². The van der Waals surface area contributed by atoms with Crippen molar-refractivity contribution in [3.63, 3.8) is 0 Å². The molecule has 0 aromatic heterocycles. The molecular formula is C48H76O19. The van der Waals surface area contributed by atoms with Crippen molar-refractivity contribution >= 4 is 11.8 Å². The highest BCUT2D eigenvalue weighted by Gasteiger charge is 2.81. The van der Waals surface area contributed by atoms with Crippen molar-refractivity contribution in [3.05, 3.63) is 11.6 Å². The van der Waals surface area contributed by atoms with Gasteiger partial charge < -0.3 is 83.1 Å². The van der Waals surface area contributed by atoms with E-state index in [0.717, 1.165) is 5.57 Å². The van der Waals surface area contributed by atoms with Crippen molar-refractivity contribution in [1.82, 2.24) is 0 Å². The number of rotatable bonds is 11. The number of ketones is 1. The van der Waals surface area contributed by atoms with E-state index in [1.807, 2.05) is 6.08 Å². The number of ether oxygens (including phenoxy) is 10. The van der Waals surface area contributed by atoms with Crippen LogP contribution in [0.2, 0.25) is 0 Å². The second-order valence-electron chi connectivity index (χ2n) is 21.4. The van der Waals surface area contributed by atoms with Crippen LogP contribution in [0.15, 0.2) is 11.6 Å². The summed E-state index contributed by atoms with van der Waals surface area (Å²) in [6.07, 6.45) is -9.38. The topological polar surface area (TPSA) is 268 Å². The first-order valence-electron chi connectivity index (χ1n) is 24.4. The molecule has 67 heavy (non-hydrogen) atoms. The van der Waals surface area contributed by atoms with E-state index in [4.69, 9.17) is 47.4 Å². The lowest BCUT2D eigenvalue weighted by Gasteiger charge is -2.67. The summed E-state index contributed by atoms with van der Waals surface area (Å²) in [6, 6.07) is 0. The Morgan fingerprint density at radius 3 is 1.64 bits per heavy atom. The smallest absolute Gasteiger partial charge is 0.302 e. The van der Waals surface area contributed by atoms with E-state index in [9.17, 15) is 45.3 Å². The summed E-state index contributed by atoms with van der Waals surface area (Å²) < 4.78 is 60.7. The van der Waals surface area contributed by atoms with Gasteiger partial charge in [0, 0.05) is 45.6 Å². The van der Waals surface area contributed by atoms with Gasteiger partial charge in [0.25, 0.3) is 0 Å². The fourth-order valence-corrected chi connectivity index (χ4v) is 13.7. The second kappa shape index (κ2) is 19.0. The minimum Gasteiger partial charge on any atom is -0.462 e. The van der Waals surface area contributed by atoms with Crippen LogP contribution in [0.25, 0.3) is 0 Å². The molecule has 0 amide bonds. The molecule has 4 saturated heterocycles. The van der Waals surface area contributed by atoms with Crippen LogP contribution in [-0.2, 0) is 57.0 Å². The van der Waals surface area contributed by atoms with E-state index in [0.29, 0.717) is 19.3 Å². The van der Waals surface area contributed by atoms with E-state index in [2.05, 4.69) is 6.92 Å². The molecule has 4 aliphatic carbocycles. The zero-order valence-corrected chi connectivity index (χ0v) is 40.4. The molecule has 8 aliphatic rings. The van der Waals surface area contributed by atoms with Crippen LogP contribution in [0, 0.1) is 16.7 Å². The third kappa shape index (κ3) is 8.79. The maximum Gasteiger partial charge on any atom is 0.302 e. The number of Topliss-reactive ketones (excluding diaryl/α,β-unsaturated/α-hetero) is 1. The molecule has 0 bridgehead atoms. The first-order chi connectivity index (χ1) is 31.4. The van der Waals surface area contributed by atoms with Gasteiger partial charge in [-0.2, -0.15) is 0 Å². The van der Waals surface area contributed by atoms with Crippen LogP contribution >= 0.6 is 0 Å². The molecule has 0 aromatic carbocycles. The highest BCUT2D eigenvalue weighted by atomic mass is 16.8. The molecule has 0 unspecified atom stereocenters. The SMILES string of the molecule is CO[C@@H]1C[C@H](O[C@H]2[C@@H](O)C[C@H](O[C@H]3[C@@H](O)C[C@H](O[C@H]4[C@@H](O)C[C@H](O[C@H]5CC[C@@]6(C)C(=CC[C@]7(O)[C@@H]6C[C@@H](OC(C)=O)[C@@]6(C)[C@]7(O)CC[C@@]6(O)C(C)=O)C5)O[C@@H]4C)O[C@@H]3C)O[C@@H]2C)O[C@H](C)[C@H]1O. The number of carbonyl (C=O) groups excluding carboxylic acids is 2. The highest BCUT2D eigenvalue weighted by Crippen LogP contribution is 2.71. The summed E-state index contributed by atoms with van der Waals surface area (Å²) in [4.78, 5) is 25.5. The molecule has 0 aromatic rings. The maximum absolute atomic E-state index is 13.0. The lowest BCUT2D eigenvalue weighted by atomic mass is 9.42. The lowest BCUT2D eigenvalue weighted by molar-refractivity contribution is -0.344. The number of hydrogen-bond acceptors (Lipinski definition) is 19. The number of methoxy groups -OCH3 is 1. The van der Waals surface area contributed by atoms with Crippen molar-refractivity contribution in [2.45, 2.75) is 253 Å². The second-order valence-corrected chi connectivity index (χ2v) is 21.4. The fraction of sp³-hybridized carbons (Fsp3) is 0.917. The predicted molar refractivity (Wildman–Crippen MR) is 231 cm³/mol. The molecule has 7 N–H and O–H groups in total. The average molecular weight is 957 g/mol. The van der Waals surface area contributed by atoms with Gasteiger partial charge in [-0.25, -0.2) is 0 Å². The van der Waals surface area contributed by atoms with E-state index >= 15 is 0 Å². The summed E-state index contributed by atoms with van der Waals surface area (Å²) in [5.74, 6) is -1.71. The highest BCUT2D eigenvalue weighted by molar-refractivity contribution is 5.87. The molecule has 19 nitrogen and oxygen atoms in total. The van der Waals surface area contributed by atoms with Gasteiger partial charge in [0.1, 0.15) is 47.3 Å².